The Labute approximate surface area is 137 Å². The predicted octanol–water partition coefficient (Wildman–Crippen LogP) is 2.72. The van der Waals surface area contributed by atoms with Gasteiger partial charge in [0.2, 0.25) is 10.0 Å². The van der Waals surface area contributed by atoms with E-state index in [0.29, 0.717) is 18.5 Å². The second-order valence-electron chi connectivity index (χ2n) is 5.62. The lowest BCUT2D eigenvalue weighted by Crippen LogP contribution is -2.26. The third kappa shape index (κ3) is 4.53. The summed E-state index contributed by atoms with van der Waals surface area (Å²) < 4.78 is 40.2. The minimum atomic E-state index is -3.62. The highest BCUT2D eigenvalue weighted by molar-refractivity contribution is 7.89. The number of hydrogen-bond donors (Lipinski definition) is 1. The van der Waals surface area contributed by atoms with E-state index in [0.717, 1.165) is 11.3 Å². The van der Waals surface area contributed by atoms with Crippen LogP contribution in [0, 0.1) is 12.7 Å². The number of benzene rings is 2. The zero-order valence-corrected chi connectivity index (χ0v) is 14.3. The summed E-state index contributed by atoms with van der Waals surface area (Å²) in [5.74, 6) is -0.412. The van der Waals surface area contributed by atoms with E-state index < -0.39 is 15.8 Å². The van der Waals surface area contributed by atoms with Crippen LogP contribution in [0.25, 0.3) is 0 Å². The monoisotopic (exact) mass is 336 g/mol. The van der Waals surface area contributed by atoms with E-state index in [1.54, 1.807) is 6.92 Å². The van der Waals surface area contributed by atoms with Gasteiger partial charge in [0.25, 0.3) is 0 Å². The van der Waals surface area contributed by atoms with Crippen molar-refractivity contribution in [3.63, 3.8) is 0 Å². The standard InChI is InChI=1S/C17H21FN2O2S/c1-13-12-16(8-9-17(13)18)23(21,22)19-11-10-14-4-6-15(7-5-14)20(2)3/h4-9,12,19H,10-11H2,1-3H3. The second kappa shape index (κ2) is 7.10. The number of nitrogens with zero attached hydrogens (tertiary/aromatic N) is 1. The third-order valence-corrected chi connectivity index (χ3v) is 5.06. The molecule has 0 unspecified atom stereocenters. The number of nitrogens with one attached hydrogen (secondary N) is 1. The van der Waals surface area contributed by atoms with E-state index >= 15 is 0 Å². The molecule has 0 aliphatic rings. The molecule has 4 nitrogen and oxygen atoms in total. The SMILES string of the molecule is Cc1cc(S(=O)(=O)NCCc2ccc(N(C)C)cc2)ccc1F. The number of sulfonamides is 1. The van der Waals surface area contributed by atoms with Crippen molar-refractivity contribution in [1.82, 2.24) is 4.72 Å². The van der Waals surface area contributed by atoms with Gasteiger partial charge in [-0.1, -0.05) is 12.1 Å². The summed E-state index contributed by atoms with van der Waals surface area (Å²) >= 11 is 0. The Hall–Kier alpha value is -1.92. The molecule has 2 aromatic carbocycles. The normalized spacial score (nSPS) is 11.5. The lowest BCUT2D eigenvalue weighted by molar-refractivity contribution is 0.580. The molecule has 6 heteroatoms. The van der Waals surface area contributed by atoms with Crippen molar-refractivity contribution in [3.05, 3.63) is 59.4 Å². The summed E-state index contributed by atoms with van der Waals surface area (Å²) in [5.41, 5.74) is 2.46. The first-order valence-corrected chi connectivity index (χ1v) is 8.80. The summed E-state index contributed by atoms with van der Waals surface area (Å²) in [6, 6.07) is 11.7. The van der Waals surface area contributed by atoms with Crippen LogP contribution in [-0.4, -0.2) is 29.1 Å². The van der Waals surface area contributed by atoms with Crippen LogP contribution in [0.2, 0.25) is 0 Å². The Kier molecular flexibility index (Phi) is 5.38. The van der Waals surface area contributed by atoms with Crippen LogP contribution in [0.15, 0.2) is 47.4 Å². The summed E-state index contributed by atoms with van der Waals surface area (Å²) in [7, 11) is 0.316. The number of hydrogen-bond acceptors (Lipinski definition) is 3. The molecule has 0 spiro atoms. The van der Waals surface area contributed by atoms with E-state index in [9.17, 15) is 12.8 Å². The first-order valence-electron chi connectivity index (χ1n) is 7.32. The van der Waals surface area contributed by atoms with Gasteiger partial charge in [-0.15, -0.1) is 0 Å². The molecule has 0 saturated heterocycles. The molecule has 0 aliphatic carbocycles. The fourth-order valence-corrected chi connectivity index (χ4v) is 3.27. The maximum Gasteiger partial charge on any atom is 0.240 e. The maximum absolute atomic E-state index is 13.2. The lowest BCUT2D eigenvalue weighted by atomic mass is 10.1. The zero-order chi connectivity index (χ0) is 17.0. The van der Waals surface area contributed by atoms with Gasteiger partial charge in [0.05, 0.1) is 4.90 Å². The van der Waals surface area contributed by atoms with Crippen LogP contribution in [0.3, 0.4) is 0 Å². The minimum absolute atomic E-state index is 0.0827. The van der Waals surface area contributed by atoms with E-state index in [1.807, 2.05) is 43.3 Å². The van der Waals surface area contributed by atoms with E-state index in [1.165, 1.54) is 18.2 Å². The fourth-order valence-electron chi connectivity index (χ4n) is 2.16. The van der Waals surface area contributed by atoms with Gasteiger partial charge in [-0.05, 0) is 54.8 Å². The molecule has 0 atom stereocenters. The molecule has 2 rings (SSSR count). The van der Waals surface area contributed by atoms with Crippen LogP contribution in [-0.2, 0) is 16.4 Å². The number of rotatable bonds is 6. The van der Waals surface area contributed by atoms with Crippen molar-refractivity contribution in [2.24, 2.45) is 0 Å². The number of halogens is 1. The van der Waals surface area contributed by atoms with Crippen molar-refractivity contribution < 1.29 is 12.8 Å². The first kappa shape index (κ1) is 17.4. The molecule has 0 aliphatic heterocycles. The van der Waals surface area contributed by atoms with Gasteiger partial charge < -0.3 is 4.90 Å². The molecule has 2 aromatic rings. The molecule has 0 radical (unpaired) electrons. The summed E-state index contributed by atoms with van der Waals surface area (Å²) in [6.07, 6.45) is 0.590. The molecule has 23 heavy (non-hydrogen) atoms. The highest BCUT2D eigenvalue weighted by Crippen LogP contribution is 2.15. The summed E-state index contributed by atoms with van der Waals surface area (Å²) in [4.78, 5) is 2.09. The van der Waals surface area contributed by atoms with Gasteiger partial charge in [-0.3, -0.25) is 0 Å². The Morgan fingerprint density at radius 1 is 1.09 bits per heavy atom. The lowest BCUT2D eigenvalue weighted by Gasteiger charge is -2.13. The van der Waals surface area contributed by atoms with E-state index in [2.05, 4.69) is 4.72 Å². The first-order chi connectivity index (χ1) is 10.8. The van der Waals surface area contributed by atoms with Gasteiger partial charge >= 0.3 is 0 Å². The minimum Gasteiger partial charge on any atom is -0.378 e. The third-order valence-electron chi connectivity index (χ3n) is 3.60. The van der Waals surface area contributed by atoms with Crippen LogP contribution < -0.4 is 9.62 Å². The molecule has 0 bridgehead atoms. The van der Waals surface area contributed by atoms with E-state index in [4.69, 9.17) is 0 Å². The zero-order valence-electron chi connectivity index (χ0n) is 13.5. The van der Waals surface area contributed by atoms with Gasteiger partial charge in [0, 0.05) is 26.3 Å². The quantitative estimate of drug-likeness (QED) is 0.882. The molecule has 0 aromatic heterocycles. The average molecular weight is 336 g/mol. The Morgan fingerprint density at radius 3 is 2.30 bits per heavy atom. The fraction of sp³-hybridized carbons (Fsp3) is 0.294. The van der Waals surface area contributed by atoms with Crippen LogP contribution in [0.4, 0.5) is 10.1 Å². The molecular weight excluding hydrogens is 315 g/mol. The molecule has 0 fully saturated rings. The van der Waals surface area contributed by atoms with Crippen LogP contribution in [0.5, 0.6) is 0 Å². The molecule has 1 N–H and O–H groups in total. The molecular formula is C17H21FN2O2S. The molecule has 124 valence electrons. The molecule has 0 amide bonds. The average Bonchev–Trinajstić information content (AvgIpc) is 2.50. The van der Waals surface area contributed by atoms with Gasteiger partial charge in [-0.25, -0.2) is 17.5 Å². The highest BCUT2D eigenvalue weighted by Gasteiger charge is 2.14. The Morgan fingerprint density at radius 2 is 1.74 bits per heavy atom. The number of aryl methyl sites for hydroxylation is 1. The van der Waals surface area contributed by atoms with Crippen LogP contribution in [0.1, 0.15) is 11.1 Å². The van der Waals surface area contributed by atoms with Gasteiger partial charge in [0.1, 0.15) is 5.82 Å². The largest absolute Gasteiger partial charge is 0.378 e. The topological polar surface area (TPSA) is 49.4 Å². The summed E-state index contributed by atoms with van der Waals surface area (Å²) in [5, 5.41) is 0. The van der Waals surface area contributed by atoms with Gasteiger partial charge in [0.15, 0.2) is 0 Å². The smallest absolute Gasteiger partial charge is 0.240 e. The van der Waals surface area contributed by atoms with Crippen molar-refractivity contribution in [1.29, 1.82) is 0 Å². The maximum atomic E-state index is 13.2. The van der Waals surface area contributed by atoms with Gasteiger partial charge in [-0.2, -0.15) is 0 Å². The van der Waals surface area contributed by atoms with Crippen molar-refractivity contribution in [2.45, 2.75) is 18.2 Å². The van der Waals surface area contributed by atoms with Crippen molar-refractivity contribution in [2.75, 3.05) is 25.5 Å². The molecule has 0 heterocycles. The highest BCUT2D eigenvalue weighted by atomic mass is 32.2. The Bertz CT molecular complexity index is 772. The van der Waals surface area contributed by atoms with Crippen LogP contribution >= 0.6 is 0 Å². The Balaban J connectivity index is 1.98. The number of anilines is 1. The summed E-state index contributed by atoms with van der Waals surface area (Å²) in [6.45, 7) is 1.83. The predicted molar refractivity (Wildman–Crippen MR) is 90.8 cm³/mol. The van der Waals surface area contributed by atoms with E-state index in [-0.39, 0.29) is 4.90 Å². The second-order valence-corrected chi connectivity index (χ2v) is 7.39. The van der Waals surface area contributed by atoms with Crippen molar-refractivity contribution in [3.8, 4) is 0 Å². The molecule has 0 saturated carbocycles. The van der Waals surface area contributed by atoms with Crippen molar-refractivity contribution >= 4 is 15.7 Å².